The van der Waals surface area contributed by atoms with E-state index < -0.39 is 12.7 Å². The van der Waals surface area contributed by atoms with Crippen molar-refractivity contribution in [1.82, 2.24) is 14.6 Å². The second kappa shape index (κ2) is 8.33. The molecule has 7 nitrogen and oxygen atoms in total. The van der Waals surface area contributed by atoms with Crippen LogP contribution in [0.5, 0.6) is 23.0 Å². The first-order valence-electron chi connectivity index (χ1n) is 9.93. The van der Waals surface area contributed by atoms with Gasteiger partial charge in [0.2, 0.25) is 5.75 Å². The van der Waals surface area contributed by atoms with E-state index in [1.54, 1.807) is 36.2 Å². The lowest BCUT2D eigenvalue weighted by Gasteiger charge is -2.28. The minimum Gasteiger partial charge on any atom is -0.493 e. The first kappa shape index (κ1) is 20.0. The third kappa shape index (κ3) is 3.89. The van der Waals surface area contributed by atoms with Gasteiger partial charge in [-0.2, -0.15) is 13.9 Å². The van der Waals surface area contributed by atoms with Gasteiger partial charge in [-0.1, -0.05) is 12.1 Å². The number of hydrogen-bond donors (Lipinski definition) is 0. The first-order valence-corrected chi connectivity index (χ1v) is 9.93. The van der Waals surface area contributed by atoms with E-state index in [1.165, 1.54) is 12.1 Å². The Hall–Kier alpha value is -3.88. The predicted octanol–water partition coefficient (Wildman–Crippen LogP) is 4.44. The molecular weight excluding hydrogens is 420 g/mol. The lowest BCUT2D eigenvalue weighted by molar-refractivity contribution is -0.0498. The van der Waals surface area contributed by atoms with Crippen LogP contribution in [0.15, 0.2) is 60.9 Å². The Morgan fingerprint density at radius 2 is 2.03 bits per heavy atom. The molecule has 0 N–H and O–H groups in total. The topological polar surface area (TPSA) is 67.1 Å². The Balaban J connectivity index is 1.38. The average molecular weight is 439 g/mol. The lowest BCUT2D eigenvalue weighted by atomic mass is 10.1. The van der Waals surface area contributed by atoms with Gasteiger partial charge in [-0.3, -0.25) is 0 Å². The van der Waals surface area contributed by atoms with Crippen LogP contribution in [0.25, 0.3) is 5.65 Å². The largest absolute Gasteiger partial charge is 0.493 e. The highest BCUT2D eigenvalue weighted by Crippen LogP contribution is 2.44. The smallest absolute Gasteiger partial charge is 0.387 e. The summed E-state index contributed by atoms with van der Waals surface area (Å²) < 4.78 is 48.6. The Kier molecular flexibility index (Phi) is 5.22. The summed E-state index contributed by atoms with van der Waals surface area (Å²) in [6.07, 6.45) is 3.68. The molecular formula is C23H19F2N3O4. The zero-order valence-corrected chi connectivity index (χ0v) is 17.1. The molecule has 0 aliphatic carbocycles. The van der Waals surface area contributed by atoms with Crippen LogP contribution in [-0.2, 0) is 6.42 Å². The molecule has 1 aliphatic rings. The van der Waals surface area contributed by atoms with E-state index in [0.717, 1.165) is 22.5 Å². The summed E-state index contributed by atoms with van der Waals surface area (Å²) >= 11 is 0. The Morgan fingerprint density at radius 1 is 1.19 bits per heavy atom. The molecule has 0 saturated heterocycles. The number of nitrogens with zero attached hydrogens (tertiary/aromatic N) is 3. The van der Waals surface area contributed by atoms with Gasteiger partial charge < -0.3 is 18.9 Å². The van der Waals surface area contributed by atoms with E-state index in [4.69, 9.17) is 14.2 Å². The highest BCUT2D eigenvalue weighted by Gasteiger charge is 2.27. The van der Waals surface area contributed by atoms with Crippen molar-refractivity contribution < 1.29 is 27.7 Å². The number of benzene rings is 2. The first-order chi connectivity index (χ1) is 15.6. The Bertz CT molecular complexity index is 1230. The monoisotopic (exact) mass is 439 g/mol. The van der Waals surface area contributed by atoms with Crippen LogP contribution in [0.1, 0.15) is 22.9 Å². The summed E-state index contributed by atoms with van der Waals surface area (Å²) in [5.74, 6) is 1.71. The Labute approximate surface area is 182 Å². The molecule has 5 rings (SSSR count). The van der Waals surface area contributed by atoms with E-state index in [1.807, 2.05) is 24.3 Å². The van der Waals surface area contributed by atoms with Crippen molar-refractivity contribution in [3.63, 3.8) is 0 Å². The number of fused-ring (bicyclic) bond motifs is 2. The van der Waals surface area contributed by atoms with Crippen molar-refractivity contribution in [2.24, 2.45) is 0 Å². The summed E-state index contributed by atoms with van der Waals surface area (Å²) in [5.41, 5.74) is 3.45. The van der Waals surface area contributed by atoms with Crippen LogP contribution in [0, 0.1) is 0 Å². The molecule has 0 amide bonds. The van der Waals surface area contributed by atoms with Gasteiger partial charge in [-0.05, 0) is 47.5 Å². The molecule has 0 saturated carbocycles. The van der Waals surface area contributed by atoms with Crippen molar-refractivity contribution in [3.8, 4) is 23.0 Å². The molecule has 0 radical (unpaired) electrons. The van der Waals surface area contributed by atoms with Gasteiger partial charge in [0, 0.05) is 12.6 Å². The predicted molar refractivity (Wildman–Crippen MR) is 111 cm³/mol. The van der Waals surface area contributed by atoms with Gasteiger partial charge in [-0.15, -0.1) is 0 Å². The van der Waals surface area contributed by atoms with Gasteiger partial charge in [0.05, 0.1) is 19.0 Å². The molecule has 164 valence electrons. The molecule has 1 aliphatic heterocycles. The van der Waals surface area contributed by atoms with E-state index >= 15 is 0 Å². The average Bonchev–Trinajstić information content (AvgIpc) is 3.21. The molecule has 1 atom stereocenters. The minimum absolute atomic E-state index is 0.0879. The minimum atomic E-state index is -2.86. The highest BCUT2D eigenvalue weighted by molar-refractivity contribution is 5.55. The maximum absolute atomic E-state index is 12.4. The second-order valence-electron chi connectivity index (χ2n) is 7.21. The van der Waals surface area contributed by atoms with Gasteiger partial charge in [0.1, 0.15) is 12.4 Å². The fourth-order valence-corrected chi connectivity index (χ4v) is 3.69. The van der Waals surface area contributed by atoms with Gasteiger partial charge in [-0.25, -0.2) is 9.50 Å². The van der Waals surface area contributed by atoms with Crippen LogP contribution in [0.4, 0.5) is 8.78 Å². The molecule has 0 bridgehead atoms. The highest BCUT2D eigenvalue weighted by atomic mass is 19.3. The van der Waals surface area contributed by atoms with E-state index in [2.05, 4.69) is 14.8 Å². The standard InChI is InChI=1S/C23H19F2N3O4/c1-29-18-10-14(9-16-12-26-21-3-2-8-27-28(16)21)11-19-22(18)32-20(13-30-19)15-4-6-17(7-5-15)31-23(24)25/h2-8,10-12,20,23H,9,13H2,1H3. The van der Waals surface area contributed by atoms with E-state index in [9.17, 15) is 8.78 Å². The van der Waals surface area contributed by atoms with Crippen LogP contribution in [0.3, 0.4) is 0 Å². The summed E-state index contributed by atoms with van der Waals surface area (Å²) in [6.45, 7) is -2.59. The van der Waals surface area contributed by atoms with Crippen molar-refractivity contribution in [3.05, 3.63) is 77.7 Å². The number of alkyl halides is 2. The molecule has 1 unspecified atom stereocenters. The lowest BCUT2D eigenvalue weighted by Crippen LogP contribution is -2.22. The normalized spacial score (nSPS) is 15.2. The fraction of sp³-hybridized carbons (Fsp3) is 0.217. The summed E-state index contributed by atoms with van der Waals surface area (Å²) in [6, 6.07) is 13.9. The second-order valence-corrected chi connectivity index (χ2v) is 7.21. The number of imidazole rings is 1. The van der Waals surface area contributed by atoms with Crippen LogP contribution in [-0.4, -0.2) is 34.9 Å². The summed E-state index contributed by atoms with van der Waals surface area (Å²) in [5, 5.41) is 4.35. The van der Waals surface area contributed by atoms with Crippen molar-refractivity contribution in [2.45, 2.75) is 19.1 Å². The van der Waals surface area contributed by atoms with Gasteiger partial charge in [0.15, 0.2) is 23.3 Å². The maximum atomic E-state index is 12.4. The zero-order chi connectivity index (χ0) is 22.1. The van der Waals surface area contributed by atoms with Crippen LogP contribution < -0.4 is 18.9 Å². The van der Waals surface area contributed by atoms with E-state index in [0.29, 0.717) is 23.7 Å². The number of hydrogen-bond acceptors (Lipinski definition) is 6. The molecule has 9 heteroatoms. The van der Waals surface area contributed by atoms with Crippen molar-refractivity contribution in [1.29, 1.82) is 0 Å². The molecule has 2 aromatic heterocycles. The fourth-order valence-electron chi connectivity index (χ4n) is 3.69. The summed E-state index contributed by atoms with van der Waals surface area (Å²) in [4.78, 5) is 4.37. The maximum Gasteiger partial charge on any atom is 0.387 e. The third-order valence-electron chi connectivity index (χ3n) is 5.16. The molecule has 0 fully saturated rings. The Morgan fingerprint density at radius 3 is 2.81 bits per heavy atom. The molecule has 0 spiro atoms. The van der Waals surface area contributed by atoms with Gasteiger partial charge >= 0.3 is 6.61 Å². The number of rotatable bonds is 6. The zero-order valence-electron chi connectivity index (χ0n) is 17.1. The quantitative estimate of drug-likeness (QED) is 0.443. The van der Waals surface area contributed by atoms with Crippen LogP contribution >= 0.6 is 0 Å². The molecule has 32 heavy (non-hydrogen) atoms. The molecule has 2 aromatic carbocycles. The number of methoxy groups -OCH3 is 1. The number of aromatic nitrogens is 3. The summed E-state index contributed by atoms with van der Waals surface area (Å²) in [7, 11) is 1.57. The van der Waals surface area contributed by atoms with Crippen LogP contribution in [0.2, 0.25) is 0 Å². The van der Waals surface area contributed by atoms with Gasteiger partial charge in [0.25, 0.3) is 0 Å². The van der Waals surface area contributed by atoms with Crippen molar-refractivity contribution in [2.75, 3.05) is 13.7 Å². The van der Waals surface area contributed by atoms with Crippen molar-refractivity contribution >= 4 is 5.65 Å². The number of ether oxygens (including phenoxy) is 4. The third-order valence-corrected chi connectivity index (χ3v) is 5.16. The molecule has 4 aromatic rings. The SMILES string of the molecule is COc1cc(Cc2cnc3cccnn23)cc2c1OC(c1ccc(OC(F)F)cc1)CO2. The van der Waals surface area contributed by atoms with E-state index in [-0.39, 0.29) is 12.4 Å². The molecule has 3 heterocycles. The number of halogens is 2.